The van der Waals surface area contributed by atoms with Crippen LogP contribution >= 0.6 is 15.9 Å². The van der Waals surface area contributed by atoms with Gasteiger partial charge in [0.25, 0.3) is 0 Å². The van der Waals surface area contributed by atoms with Gasteiger partial charge in [0.15, 0.2) is 0 Å². The fourth-order valence-electron chi connectivity index (χ4n) is 1.41. The van der Waals surface area contributed by atoms with Crippen molar-refractivity contribution in [2.45, 2.75) is 46.3 Å². The van der Waals surface area contributed by atoms with Crippen LogP contribution in [0.15, 0.2) is 22.7 Å². The van der Waals surface area contributed by atoms with Crippen LogP contribution < -0.4 is 10.1 Å². The van der Waals surface area contributed by atoms with Crippen molar-refractivity contribution in [1.29, 1.82) is 0 Å². The van der Waals surface area contributed by atoms with E-state index in [2.05, 4.69) is 61.9 Å². The Balaban J connectivity index is 2.50. The topological polar surface area (TPSA) is 21.3 Å². The number of rotatable bonds is 4. The Labute approximate surface area is 113 Å². The van der Waals surface area contributed by atoms with Gasteiger partial charge in [0.1, 0.15) is 11.9 Å². The van der Waals surface area contributed by atoms with Crippen molar-refractivity contribution in [1.82, 2.24) is 5.32 Å². The minimum absolute atomic E-state index is 0.132. The summed E-state index contributed by atoms with van der Waals surface area (Å²) in [6, 6.07) is 6.07. The monoisotopic (exact) mass is 299 g/mol. The quantitative estimate of drug-likeness (QED) is 0.910. The Kier molecular flexibility index (Phi) is 5.02. The summed E-state index contributed by atoms with van der Waals surface area (Å²) >= 11 is 3.48. The maximum absolute atomic E-state index is 5.86. The second-order valence-corrected chi connectivity index (χ2v) is 6.32. The summed E-state index contributed by atoms with van der Waals surface area (Å²) in [5, 5.41) is 3.43. The fraction of sp³-hybridized carbons (Fsp3) is 0.571. The van der Waals surface area contributed by atoms with Crippen LogP contribution in [0.25, 0.3) is 0 Å². The highest BCUT2D eigenvalue weighted by molar-refractivity contribution is 9.10. The summed E-state index contributed by atoms with van der Waals surface area (Å²) in [7, 11) is 0. The smallest absolute Gasteiger partial charge is 0.120 e. The van der Waals surface area contributed by atoms with Crippen LogP contribution in [0.4, 0.5) is 0 Å². The van der Waals surface area contributed by atoms with E-state index in [4.69, 9.17) is 4.74 Å². The molecule has 96 valence electrons. The molecule has 0 amide bonds. The van der Waals surface area contributed by atoms with Crippen molar-refractivity contribution >= 4 is 15.9 Å². The molecule has 0 saturated heterocycles. The molecule has 1 atom stereocenters. The standard InChI is InChI=1S/C14H22BrNO/c1-10-8-12(6-7-13(10)15)17-11(2)9-16-14(3,4)5/h6-8,11,16H,9H2,1-5H3. The summed E-state index contributed by atoms with van der Waals surface area (Å²) in [5.74, 6) is 0.925. The molecule has 0 radical (unpaired) electrons. The Bertz CT molecular complexity index is 371. The third-order valence-electron chi connectivity index (χ3n) is 2.39. The Hall–Kier alpha value is -0.540. The van der Waals surface area contributed by atoms with Crippen LogP contribution in [0.1, 0.15) is 33.3 Å². The van der Waals surface area contributed by atoms with Gasteiger partial charge in [0.2, 0.25) is 0 Å². The van der Waals surface area contributed by atoms with Crippen molar-refractivity contribution in [2.24, 2.45) is 0 Å². The summed E-state index contributed by atoms with van der Waals surface area (Å²) in [4.78, 5) is 0. The normalized spacial score (nSPS) is 13.5. The SMILES string of the molecule is Cc1cc(OC(C)CNC(C)(C)C)ccc1Br. The van der Waals surface area contributed by atoms with E-state index in [9.17, 15) is 0 Å². The highest BCUT2D eigenvalue weighted by Crippen LogP contribution is 2.22. The molecule has 1 rings (SSSR count). The molecule has 1 N–H and O–H groups in total. The molecule has 1 unspecified atom stereocenters. The molecule has 1 aromatic carbocycles. The molecular weight excluding hydrogens is 278 g/mol. The summed E-state index contributed by atoms with van der Waals surface area (Å²) < 4.78 is 6.98. The van der Waals surface area contributed by atoms with Gasteiger partial charge in [0.05, 0.1) is 0 Å². The van der Waals surface area contributed by atoms with Gasteiger partial charge in [0, 0.05) is 16.6 Å². The number of hydrogen-bond donors (Lipinski definition) is 1. The number of halogens is 1. The first-order valence-electron chi connectivity index (χ1n) is 5.96. The number of ether oxygens (including phenoxy) is 1. The van der Waals surface area contributed by atoms with Crippen molar-refractivity contribution < 1.29 is 4.74 Å². The lowest BCUT2D eigenvalue weighted by atomic mass is 10.1. The molecule has 0 spiro atoms. The van der Waals surface area contributed by atoms with E-state index in [1.165, 1.54) is 5.56 Å². The maximum Gasteiger partial charge on any atom is 0.120 e. The summed E-state index contributed by atoms with van der Waals surface area (Å²) in [5.41, 5.74) is 1.33. The van der Waals surface area contributed by atoms with E-state index in [0.717, 1.165) is 16.8 Å². The predicted molar refractivity (Wildman–Crippen MR) is 76.7 cm³/mol. The third kappa shape index (κ3) is 5.55. The molecule has 17 heavy (non-hydrogen) atoms. The number of nitrogens with one attached hydrogen (secondary N) is 1. The minimum Gasteiger partial charge on any atom is -0.489 e. The first kappa shape index (κ1) is 14.5. The lowest BCUT2D eigenvalue weighted by molar-refractivity contribution is 0.203. The zero-order chi connectivity index (χ0) is 13.1. The second kappa shape index (κ2) is 5.87. The first-order valence-corrected chi connectivity index (χ1v) is 6.75. The van der Waals surface area contributed by atoms with Crippen molar-refractivity contribution in [2.75, 3.05) is 6.54 Å². The van der Waals surface area contributed by atoms with Crippen LogP contribution in [0.5, 0.6) is 5.75 Å². The van der Waals surface area contributed by atoms with E-state index >= 15 is 0 Å². The van der Waals surface area contributed by atoms with Crippen molar-refractivity contribution in [3.63, 3.8) is 0 Å². The van der Waals surface area contributed by atoms with Gasteiger partial charge in [-0.15, -0.1) is 0 Å². The van der Waals surface area contributed by atoms with E-state index in [1.807, 2.05) is 12.1 Å². The van der Waals surface area contributed by atoms with Crippen LogP contribution in [0, 0.1) is 6.92 Å². The number of hydrogen-bond acceptors (Lipinski definition) is 2. The maximum atomic E-state index is 5.86. The second-order valence-electron chi connectivity index (χ2n) is 5.47. The van der Waals surface area contributed by atoms with Crippen LogP contribution in [-0.2, 0) is 0 Å². The Morgan fingerprint density at radius 1 is 1.35 bits per heavy atom. The van der Waals surface area contributed by atoms with Gasteiger partial charge in [-0.1, -0.05) is 15.9 Å². The van der Waals surface area contributed by atoms with E-state index in [-0.39, 0.29) is 11.6 Å². The van der Waals surface area contributed by atoms with E-state index in [0.29, 0.717) is 0 Å². The van der Waals surface area contributed by atoms with E-state index in [1.54, 1.807) is 0 Å². The average Bonchev–Trinajstić information content (AvgIpc) is 2.20. The van der Waals surface area contributed by atoms with Crippen LogP contribution in [0.2, 0.25) is 0 Å². The molecule has 3 heteroatoms. The Morgan fingerprint density at radius 2 is 2.00 bits per heavy atom. The number of benzene rings is 1. The summed E-state index contributed by atoms with van der Waals surface area (Å²) in [6.45, 7) is 11.5. The molecule has 0 aliphatic carbocycles. The highest BCUT2D eigenvalue weighted by Gasteiger charge is 2.12. The molecule has 0 heterocycles. The van der Waals surface area contributed by atoms with Gasteiger partial charge < -0.3 is 10.1 Å². The van der Waals surface area contributed by atoms with E-state index < -0.39 is 0 Å². The van der Waals surface area contributed by atoms with Crippen LogP contribution in [0.3, 0.4) is 0 Å². The van der Waals surface area contributed by atoms with Gasteiger partial charge in [-0.25, -0.2) is 0 Å². The molecule has 0 aromatic heterocycles. The molecule has 0 aliphatic rings. The fourth-order valence-corrected chi connectivity index (χ4v) is 1.66. The lowest BCUT2D eigenvalue weighted by Gasteiger charge is -2.24. The third-order valence-corrected chi connectivity index (χ3v) is 3.28. The Morgan fingerprint density at radius 3 is 2.53 bits per heavy atom. The average molecular weight is 300 g/mol. The molecule has 0 aliphatic heterocycles. The van der Waals surface area contributed by atoms with Crippen LogP contribution in [-0.4, -0.2) is 18.2 Å². The van der Waals surface area contributed by atoms with Gasteiger partial charge in [-0.05, 0) is 58.4 Å². The lowest BCUT2D eigenvalue weighted by Crippen LogP contribution is -2.41. The molecular formula is C14H22BrNO. The molecule has 0 saturated carbocycles. The summed E-state index contributed by atoms with van der Waals surface area (Å²) in [6.07, 6.45) is 0.162. The van der Waals surface area contributed by atoms with Gasteiger partial charge in [-0.2, -0.15) is 0 Å². The molecule has 1 aromatic rings. The van der Waals surface area contributed by atoms with Gasteiger partial charge >= 0.3 is 0 Å². The number of aryl methyl sites for hydroxylation is 1. The zero-order valence-electron chi connectivity index (χ0n) is 11.3. The molecule has 0 bridgehead atoms. The van der Waals surface area contributed by atoms with Crippen molar-refractivity contribution in [3.8, 4) is 5.75 Å². The first-order chi connectivity index (χ1) is 7.78. The van der Waals surface area contributed by atoms with Crippen molar-refractivity contribution in [3.05, 3.63) is 28.2 Å². The molecule has 0 fully saturated rings. The minimum atomic E-state index is 0.132. The van der Waals surface area contributed by atoms with Gasteiger partial charge in [-0.3, -0.25) is 0 Å². The molecule has 2 nitrogen and oxygen atoms in total. The largest absolute Gasteiger partial charge is 0.489 e. The zero-order valence-corrected chi connectivity index (χ0v) is 12.9. The predicted octanol–water partition coefficient (Wildman–Crippen LogP) is 3.91. The highest BCUT2D eigenvalue weighted by atomic mass is 79.9.